The third-order valence-electron chi connectivity index (χ3n) is 3.61. The van der Waals surface area contributed by atoms with Crippen LogP contribution in [0.4, 0.5) is 4.39 Å². The fraction of sp³-hybridized carbons (Fsp3) is 0.571. The first-order chi connectivity index (χ1) is 8.08. The van der Waals surface area contributed by atoms with Gasteiger partial charge in [0.2, 0.25) is 0 Å². The number of hydrogen-bond acceptors (Lipinski definition) is 1. The van der Waals surface area contributed by atoms with Gasteiger partial charge in [0, 0.05) is 23.4 Å². The Morgan fingerprint density at radius 3 is 2.71 bits per heavy atom. The highest BCUT2D eigenvalue weighted by Crippen LogP contribution is 2.31. The van der Waals surface area contributed by atoms with Gasteiger partial charge in [0.25, 0.3) is 0 Å². The maximum Gasteiger partial charge on any atom is 0.116 e. The molecule has 2 unspecified atom stereocenters. The van der Waals surface area contributed by atoms with Gasteiger partial charge in [-0.1, -0.05) is 28.1 Å². The molecular weight excluding hydrogens is 281 g/mol. The Balaban J connectivity index is 2.02. The first-order valence-corrected chi connectivity index (χ1v) is 7.01. The number of alkyl halides is 1. The summed E-state index contributed by atoms with van der Waals surface area (Å²) in [4.78, 5) is 0. The molecule has 1 aliphatic heterocycles. The molecule has 1 fully saturated rings. The van der Waals surface area contributed by atoms with Crippen molar-refractivity contribution in [2.24, 2.45) is 5.92 Å². The first kappa shape index (κ1) is 13.0. The van der Waals surface area contributed by atoms with Gasteiger partial charge < -0.3 is 5.32 Å². The molecule has 1 aliphatic rings. The van der Waals surface area contributed by atoms with Gasteiger partial charge in [-0.2, -0.15) is 0 Å². The quantitative estimate of drug-likeness (QED) is 0.897. The minimum absolute atomic E-state index is 0.139. The van der Waals surface area contributed by atoms with Crippen molar-refractivity contribution in [2.45, 2.75) is 31.9 Å². The van der Waals surface area contributed by atoms with Crippen molar-refractivity contribution in [1.29, 1.82) is 0 Å². The standard InChI is InChI=1S/C14H19BrFN/c1-14(16,12-3-2-8-17-10-12)9-11-4-6-13(15)7-5-11/h4-7,12,17H,2-3,8-10H2,1H3. The van der Waals surface area contributed by atoms with Crippen LogP contribution in [-0.4, -0.2) is 18.8 Å². The summed E-state index contributed by atoms with van der Waals surface area (Å²) in [5.74, 6) is 0.139. The Hall–Kier alpha value is -0.410. The van der Waals surface area contributed by atoms with E-state index < -0.39 is 5.67 Å². The summed E-state index contributed by atoms with van der Waals surface area (Å²) in [5, 5.41) is 3.29. The van der Waals surface area contributed by atoms with Crippen LogP contribution < -0.4 is 5.32 Å². The van der Waals surface area contributed by atoms with E-state index >= 15 is 0 Å². The van der Waals surface area contributed by atoms with Crippen molar-refractivity contribution in [2.75, 3.05) is 13.1 Å². The minimum atomic E-state index is -1.11. The topological polar surface area (TPSA) is 12.0 Å². The van der Waals surface area contributed by atoms with Crippen LogP contribution in [0.15, 0.2) is 28.7 Å². The maximum absolute atomic E-state index is 14.7. The second-order valence-corrected chi connectivity index (χ2v) is 6.04. The Morgan fingerprint density at radius 1 is 1.41 bits per heavy atom. The Labute approximate surface area is 111 Å². The molecule has 2 atom stereocenters. The average Bonchev–Trinajstić information content (AvgIpc) is 2.33. The molecule has 1 aromatic carbocycles. The molecule has 1 N–H and O–H groups in total. The van der Waals surface area contributed by atoms with Gasteiger partial charge in [-0.05, 0) is 44.0 Å². The highest BCUT2D eigenvalue weighted by molar-refractivity contribution is 9.10. The van der Waals surface area contributed by atoms with E-state index in [0.717, 1.165) is 36.0 Å². The predicted octanol–water partition coefficient (Wildman–Crippen LogP) is 3.72. The van der Waals surface area contributed by atoms with Crippen molar-refractivity contribution in [3.63, 3.8) is 0 Å². The van der Waals surface area contributed by atoms with Gasteiger partial charge in [0.1, 0.15) is 5.67 Å². The van der Waals surface area contributed by atoms with Gasteiger partial charge in [0.15, 0.2) is 0 Å². The Bertz CT molecular complexity index is 355. The summed E-state index contributed by atoms with van der Waals surface area (Å²) >= 11 is 3.40. The van der Waals surface area contributed by atoms with Gasteiger partial charge in [-0.3, -0.25) is 0 Å². The molecule has 0 amide bonds. The molecule has 0 bridgehead atoms. The first-order valence-electron chi connectivity index (χ1n) is 6.22. The smallest absolute Gasteiger partial charge is 0.116 e. The zero-order chi connectivity index (χ0) is 12.3. The van der Waals surface area contributed by atoms with Crippen LogP contribution in [0.3, 0.4) is 0 Å². The summed E-state index contributed by atoms with van der Waals surface area (Å²) < 4.78 is 15.8. The lowest BCUT2D eigenvalue weighted by atomic mass is 9.81. The fourth-order valence-corrected chi connectivity index (χ4v) is 2.78. The number of benzene rings is 1. The van der Waals surface area contributed by atoms with E-state index in [1.807, 2.05) is 24.3 Å². The number of rotatable bonds is 3. The molecule has 1 nitrogen and oxygen atoms in total. The van der Waals surface area contributed by atoms with Crippen molar-refractivity contribution in [3.8, 4) is 0 Å². The van der Waals surface area contributed by atoms with Crippen molar-refractivity contribution in [3.05, 3.63) is 34.3 Å². The highest BCUT2D eigenvalue weighted by atomic mass is 79.9. The molecule has 0 spiro atoms. The maximum atomic E-state index is 14.7. The van der Waals surface area contributed by atoms with Crippen LogP contribution in [0.1, 0.15) is 25.3 Å². The van der Waals surface area contributed by atoms with Crippen LogP contribution in [0, 0.1) is 5.92 Å². The van der Waals surface area contributed by atoms with E-state index in [0.29, 0.717) is 6.42 Å². The SMILES string of the molecule is CC(F)(Cc1ccc(Br)cc1)C1CCCNC1. The summed E-state index contributed by atoms with van der Waals surface area (Å²) in [6.07, 6.45) is 2.59. The molecular formula is C14H19BrFN. The molecule has 17 heavy (non-hydrogen) atoms. The van der Waals surface area contributed by atoms with Gasteiger partial charge in [0.05, 0.1) is 0 Å². The zero-order valence-electron chi connectivity index (χ0n) is 10.2. The molecule has 0 aliphatic carbocycles. The summed E-state index contributed by atoms with van der Waals surface area (Å²) in [7, 11) is 0. The van der Waals surface area contributed by atoms with Crippen molar-refractivity contribution >= 4 is 15.9 Å². The summed E-state index contributed by atoms with van der Waals surface area (Å²) in [5.41, 5.74) is -0.0369. The monoisotopic (exact) mass is 299 g/mol. The Kier molecular flexibility index (Phi) is 4.21. The second kappa shape index (κ2) is 5.49. The van der Waals surface area contributed by atoms with E-state index in [2.05, 4.69) is 21.2 Å². The number of halogens is 2. The fourth-order valence-electron chi connectivity index (χ4n) is 2.51. The number of nitrogens with one attached hydrogen (secondary N) is 1. The molecule has 1 heterocycles. The zero-order valence-corrected chi connectivity index (χ0v) is 11.8. The normalized spacial score (nSPS) is 24.3. The third-order valence-corrected chi connectivity index (χ3v) is 4.14. The molecule has 1 saturated heterocycles. The van der Waals surface area contributed by atoms with Gasteiger partial charge >= 0.3 is 0 Å². The minimum Gasteiger partial charge on any atom is -0.316 e. The Morgan fingerprint density at radius 2 is 2.12 bits per heavy atom. The highest BCUT2D eigenvalue weighted by Gasteiger charge is 2.34. The number of hydrogen-bond donors (Lipinski definition) is 1. The van der Waals surface area contributed by atoms with Crippen LogP contribution in [0.5, 0.6) is 0 Å². The van der Waals surface area contributed by atoms with E-state index in [4.69, 9.17) is 0 Å². The van der Waals surface area contributed by atoms with E-state index in [-0.39, 0.29) is 5.92 Å². The molecule has 1 aromatic rings. The molecule has 3 heteroatoms. The van der Waals surface area contributed by atoms with Gasteiger partial charge in [-0.25, -0.2) is 4.39 Å². The lowest BCUT2D eigenvalue weighted by Gasteiger charge is -2.34. The predicted molar refractivity (Wildman–Crippen MR) is 73.0 cm³/mol. The summed E-state index contributed by atoms with van der Waals surface area (Å²) in [6, 6.07) is 7.95. The molecule has 0 aromatic heterocycles. The molecule has 0 saturated carbocycles. The van der Waals surface area contributed by atoms with Crippen molar-refractivity contribution in [1.82, 2.24) is 5.32 Å². The van der Waals surface area contributed by atoms with Crippen LogP contribution in [-0.2, 0) is 6.42 Å². The average molecular weight is 300 g/mol. The van der Waals surface area contributed by atoms with Crippen LogP contribution in [0.2, 0.25) is 0 Å². The third kappa shape index (κ3) is 3.52. The van der Waals surface area contributed by atoms with Crippen LogP contribution in [0.25, 0.3) is 0 Å². The molecule has 2 rings (SSSR count). The molecule has 0 radical (unpaired) electrons. The summed E-state index contributed by atoms with van der Waals surface area (Å²) in [6.45, 7) is 3.58. The van der Waals surface area contributed by atoms with E-state index in [9.17, 15) is 4.39 Å². The largest absolute Gasteiger partial charge is 0.316 e. The lowest BCUT2D eigenvalue weighted by molar-refractivity contribution is 0.0833. The number of piperidine rings is 1. The van der Waals surface area contributed by atoms with E-state index in [1.165, 1.54) is 0 Å². The molecule has 94 valence electrons. The van der Waals surface area contributed by atoms with Crippen LogP contribution >= 0.6 is 15.9 Å². The van der Waals surface area contributed by atoms with Crippen molar-refractivity contribution < 1.29 is 4.39 Å². The van der Waals surface area contributed by atoms with Gasteiger partial charge in [-0.15, -0.1) is 0 Å². The van der Waals surface area contributed by atoms with E-state index in [1.54, 1.807) is 6.92 Å². The second-order valence-electron chi connectivity index (χ2n) is 5.12. The lowest BCUT2D eigenvalue weighted by Crippen LogP contribution is -2.42.